The molecule has 30 heavy (non-hydrogen) atoms. The van der Waals surface area contributed by atoms with E-state index in [9.17, 15) is 9.59 Å². The van der Waals surface area contributed by atoms with Crippen molar-refractivity contribution in [2.45, 2.75) is 19.9 Å². The summed E-state index contributed by atoms with van der Waals surface area (Å²) in [6.45, 7) is 9.36. The first kappa shape index (κ1) is 22.5. The fourth-order valence-electron chi connectivity index (χ4n) is 4.37. The van der Waals surface area contributed by atoms with E-state index in [1.165, 1.54) is 0 Å². The van der Waals surface area contributed by atoms with Crippen LogP contribution >= 0.6 is 0 Å². The van der Waals surface area contributed by atoms with Crippen molar-refractivity contribution in [1.29, 1.82) is 0 Å². The van der Waals surface area contributed by atoms with Gasteiger partial charge in [0.15, 0.2) is 5.78 Å². The molecule has 2 aliphatic rings. The molecular weight excluding hydrogens is 382 g/mol. The summed E-state index contributed by atoms with van der Waals surface area (Å²) in [6, 6.07) is 7.43. The maximum absolute atomic E-state index is 13.5. The molecule has 0 aromatic heterocycles. The summed E-state index contributed by atoms with van der Waals surface area (Å²) in [5.41, 5.74) is 1.65. The number of hydrogen-bond acceptors (Lipinski definition) is 6. The number of piperazine rings is 1. The third-order valence-corrected chi connectivity index (χ3v) is 6.16. The maximum Gasteiger partial charge on any atom is 0.239 e. The average Bonchev–Trinajstić information content (AvgIpc) is 2.76. The van der Waals surface area contributed by atoms with Gasteiger partial charge in [0.1, 0.15) is 11.7 Å². The van der Waals surface area contributed by atoms with Gasteiger partial charge in [-0.3, -0.25) is 14.5 Å². The molecule has 1 fully saturated rings. The van der Waals surface area contributed by atoms with Gasteiger partial charge in [-0.1, -0.05) is 19.1 Å². The molecule has 0 N–H and O–H groups in total. The molecule has 1 saturated heterocycles. The Morgan fingerprint density at radius 3 is 2.30 bits per heavy atom. The molecule has 164 valence electrons. The fraction of sp³-hybridized carbons (Fsp3) is 0.565. The summed E-state index contributed by atoms with van der Waals surface area (Å²) < 4.78 is 10.5. The number of carbonyl (C=O) groups excluding carboxylic acids is 2. The Kier molecular flexibility index (Phi) is 7.64. The zero-order valence-electron chi connectivity index (χ0n) is 18.5. The molecule has 7 heteroatoms. The topological polar surface area (TPSA) is 62.3 Å². The molecule has 0 bridgehead atoms. The van der Waals surface area contributed by atoms with Crippen LogP contribution in [0.5, 0.6) is 5.75 Å². The Balaban J connectivity index is 1.95. The lowest BCUT2D eigenvalue weighted by molar-refractivity contribution is -0.144. The van der Waals surface area contributed by atoms with Crippen LogP contribution in [0.2, 0.25) is 0 Å². The summed E-state index contributed by atoms with van der Waals surface area (Å²) in [5.74, 6) is -0.264. The van der Waals surface area contributed by atoms with Crippen molar-refractivity contribution in [3.63, 3.8) is 0 Å². The second-order valence-electron chi connectivity index (χ2n) is 7.84. The zero-order valence-corrected chi connectivity index (χ0v) is 18.5. The van der Waals surface area contributed by atoms with Crippen LogP contribution in [0.15, 0.2) is 36.0 Å². The van der Waals surface area contributed by atoms with Crippen LogP contribution in [-0.4, -0.2) is 86.5 Å². The molecule has 3 rings (SSSR count). The van der Waals surface area contributed by atoms with Crippen LogP contribution in [0.25, 0.3) is 0 Å². The number of benzene rings is 1. The van der Waals surface area contributed by atoms with E-state index < -0.39 is 5.92 Å². The van der Waals surface area contributed by atoms with Crippen molar-refractivity contribution >= 4 is 11.7 Å². The maximum atomic E-state index is 13.5. The van der Waals surface area contributed by atoms with Gasteiger partial charge in [0.2, 0.25) is 5.91 Å². The Labute approximate surface area is 179 Å². The van der Waals surface area contributed by atoms with E-state index in [2.05, 4.69) is 16.7 Å². The monoisotopic (exact) mass is 415 g/mol. The van der Waals surface area contributed by atoms with Crippen molar-refractivity contribution in [3.05, 3.63) is 41.6 Å². The van der Waals surface area contributed by atoms with Crippen LogP contribution < -0.4 is 4.74 Å². The molecule has 1 aromatic carbocycles. The summed E-state index contributed by atoms with van der Waals surface area (Å²) in [6.07, 6.45) is 1.61. The van der Waals surface area contributed by atoms with Crippen molar-refractivity contribution < 1.29 is 19.1 Å². The molecule has 0 spiro atoms. The summed E-state index contributed by atoms with van der Waals surface area (Å²) in [4.78, 5) is 33.0. The summed E-state index contributed by atoms with van der Waals surface area (Å²) in [7, 11) is 3.25. The standard InChI is InChI=1S/C23H33N3O4/c1-5-24-10-12-25(13-11-24)22(18-6-8-19(30-4)9-7-18)21-20(27)16-17(2)26(23(21)28)14-15-29-3/h6-9,16,21-22H,5,10-15H2,1-4H3. The van der Waals surface area contributed by atoms with Gasteiger partial charge in [-0.15, -0.1) is 0 Å². The molecule has 1 amide bonds. The molecule has 2 aliphatic heterocycles. The second-order valence-corrected chi connectivity index (χ2v) is 7.84. The van der Waals surface area contributed by atoms with Gasteiger partial charge in [-0.05, 0) is 31.2 Å². The Bertz CT molecular complexity index is 769. The minimum atomic E-state index is -0.757. The molecule has 2 heterocycles. The molecule has 2 atom stereocenters. The lowest BCUT2D eigenvalue weighted by Crippen LogP contribution is -2.53. The first-order valence-electron chi connectivity index (χ1n) is 10.6. The zero-order chi connectivity index (χ0) is 21.7. The number of ether oxygens (including phenoxy) is 2. The number of nitrogens with zero attached hydrogens (tertiary/aromatic N) is 3. The van der Waals surface area contributed by atoms with Gasteiger partial charge in [0.25, 0.3) is 0 Å². The van der Waals surface area contributed by atoms with Gasteiger partial charge < -0.3 is 19.3 Å². The largest absolute Gasteiger partial charge is 0.497 e. The lowest BCUT2D eigenvalue weighted by atomic mass is 9.84. The van der Waals surface area contributed by atoms with E-state index in [0.717, 1.165) is 44.0 Å². The number of amides is 1. The summed E-state index contributed by atoms with van der Waals surface area (Å²) in [5, 5.41) is 0. The Morgan fingerprint density at radius 2 is 1.73 bits per heavy atom. The number of rotatable bonds is 8. The number of hydrogen-bond donors (Lipinski definition) is 0. The predicted octanol–water partition coefficient (Wildman–Crippen LogP) is 1.95. The fourth-order valence-corrected chi connectivity index (χ4v) is 4.37. The Morgan fingerprint density at radius 1 is 1.07 bits per heavy atom. The van der Waals surface area contributed by atoms with E-state index in [4.69, 9.17) is 9.47 Å². The Hall–Kier alpha value is -2.22. The quantitative estimate of drug-likeness (QED) is 0.605. The lowest BCUT2D eigenvalue weighted by Gasteiger charge is -2.43. The van der Waals surface area contributed by atoms with Crippen LogP contribution in [-0.2, 0) is 14.3 Å². The highest BCUT2D eigenvalue weighted by Crippen LogP contribution is 2.35. The van der Waals surface area contributed by atoms with Gasteiger partial charge in [-0.25, -0.2) is 0 Å². The second kappa shape index (κ2) is 10.2. The van der Waals surface area contributed by atoms with E-state index in [1.807, 2.05) is 31.2 Å². The summed E-state index contributed by atoms with van der Waals surface area (Å²) >= 11 is 0. The smallest absolute Gasteiger partial charge is 0.239 e. The molecule has 7 nitrogen and oxygen atoms in total. The van der Waals surface area contributed by atoms with E-state index in [1.54, 1.807) is 25.2 Å². The number of carbonyl (C=O) groups is 2. The third kappa shape index (κ3) is 4.74. The highest BCUT2D eigenvalue weighted by molar-refractivity contribution is 6.10. The van der Waals surface area contributed by atoms with Crippen molar-refractivity contribution in [2.24, 2.45) is 5.92 Å². The van der Waals surface area contributed by atoms with E-state index in [0.29, 0.717) is 18.8 Å². The molecule has 0 radical (unpaired) electrons. The number of ketones is 1. The van der Waals surface area contributed by atoms with Crippen molar-refractivity contribution in [1.82, 2.24) is 14.7 Å². The highest BCUT2D eigenvalue weighted by Gasteiger charge is 2.43. The van der Waals surface area contributed by atoms with Crippen molar-refractivity contribution in [2.75, 3.05) is 60.1 Å². The van der Waals surface area contributed by atoms with E-state index >= 15 is 0 Å². The SMILES string of the molecule is CCN1CCN(C(c2ccc(OC)cc2)C2C(=O)C=C(C)N(CCOC)C2=O)CC1. The minimum Gasteiger partial charge on any atom is -0.497 e. The predicted molar refractivity (Wildman–Crippen MR) is 115 cm³/mol. The molecule has 1 aromatic rings. The van der Waals surface area contributed by atoms with E-state index in [-0.39, 0.29) is 17.7 Å². The van der Waals surface area contributed by atoms with Crippen LogP contribution in [0.4, 0.5) is 0 Å². The first-order valence-corrected chi connectivity index (χ1v) is 10.6. The van der Waals surface area contributed by atoms with Crippen LogP contribution in [0, 0.1) is 5.92 Å². The van der Waals surface area contributed by atoms with Gasteiger partial charge in [0, 0.05) is 51.6 Å². The molecule has 2 unspecified atom stereocenters. The molecule has 0 saturated carbocycles. The van der Waals surface area contributed by atoms with Gasteiger partial charge in [0.05, 0.1) is 19.8 Å². The molecule has 0 aliphatic carbocycles. The number of methoxy groups -OCH3 is 2. The third-order valence-electron chi connectivity index (χ3n) is 6.16. The van der Waals surface area contributed by atoms with Crippen molar-refractivity contribution in [3.8, 4) is 5.75 Å². The van der Waals surface area contributed by atoms with Gasteiger partial charge in [-0.2, -0.15) is 0 Å². The molecular formula is C23H33N3O4. The highest BCUT2D eigenvalue weighted by atomic mass is 16.5. The van der Waals surface area contributed by atoms with Gasteiger partial charge >= 0.3 is 0 Å². The van der Waals surface area contributed by atoms with Crippen LogP contribution in [0.3, 0.4) is 0 Å². The number of allylic oxidation sites excluding steroid dienone is 2. The first-order chi connectivity index (χ1) is 14.5. The normalized spacial score (nSPS) is 22.2. The van der Waals surface area contributed by atoms with Crippen LogP contribution in [0.1, 0.15) is 25.5 Å². The number of likely N-dealkylation sites (N-methyl/N-ethyl adjacent to an activating group) is 1. The minimum absolute atomic E-state index is 0.120. The average molecular weight is 416 g/mol.